The lowest BCUT2D eigenvalue weighted by molar-refractivity contribution is 0.101. The Balaban J connectivity index is 2.58. The summed E-state index contributed by atoms with van der Waals surface area (Å²) >= 11 is 5.80. The number of hydrogen-bond acceptors (Lipinski definition) is 1. The smallest absolute Gasteiger partial charge is 0.160 e. The van der Waals surface area contributed by atoms with Gasteiger partial charge < -0.3 is 0 Å². The fourth-order valence-corrected chi connectivity index (χ4v) is 1.81. The third-order valence-electron chi connectivity index (χ3n) is 2.52. The van der Waals surface area contributed by atoms with E-state index in [-0.39, 0.29) is 5.78 Å². The van der Waals surface area contributed by atoms with Crippen molar-refractivity contribution in [3.8, 4) is 11.1 Å². The fourth-order valence-electron chi connectivity index (χ4n) is 1.69. The summed E-state index contributed by atoms with van der Waals surface area (Å²) in [5.74, 6) is -0.567. The van der Waals surface area contributed by atoms with Gasteiger partial charge in [0.05, 0.1) is 0 Å². The van der Waals surface area contributed by atoms with Crippen LogP contribution in [0.3, 0.4) is 0 Å². The molecule has 0 spiro atoms. The molecule has 1 nitrogen and oxygen atoms in total. The number of ketones is 1. The maximum atomic E-state index is 13.1. The molecule has 0 fully saturated rings. The zero-order chi connectivity index (χ0) is 12.4. The van der Waals surface area contributed by atoms with Gasteiger partial charge in [-0.2, -0.15) is 0 Å². The molecule has 0 radical (unpaired) electrons. The molecule has 2 aromatic rings. The van der Waals surface area contributed by atoms with E-state index in [9.17, 15) is 9.18 Å². The molecule has 0 heterocycles. The molecule has 0 saturated carbocycles. The van der Waals surface area contributed by atoms with Gasteiger partial charge in [-0.15, -0.1) is 0 Å². The summed E-state index contributed by atoms with van der Waals surface area (Å²) in [6.45, 7) is 1.42. The first-order valence-corrected chi connectivity index (χ1v) is 5.52. The number of carbonyl (C=O) groups is 1. The third kappa shape index (κ3) is 2.53. The molecular formula is C14H10ClFO. The zero-order valence-corrected chi connectivity index (χ0v) is 9.96. The molecule has 0 atom stereocenters. The summed E-state index contributed by atoms with van der Waals surface area (Å²) in [5.41, 5.74) is 1.95. The van der Waals surface area contributed by atoms with Crippen LogP contribution in [0.25, 0.3) is 11.1 Å². The number of carbonyl (C=O) groups excluding carboxylic acids is 1. The molecule has 0 aromatic heterocycles. The van der Waals surface area contributed by atoms with Gasteiger partial charge >= 0.3 is 0 Å². The van der Waals surface area contributed by atoms with Crippen LogP contribution in [0.15, 0.2) is 42.5 Å². The van der Waals surface area contributed by atoms with Crippen LogP contribution in [-0.4, -0.2) is 5.78 Å². The molecule has 2 aromatic carbocycles. The number of hydrogen-bond donors (Lipinski definition) is 0. The molecule has 0 aliphatic carbocycles. The fraction of sp³-hybridized carbons (Fsp3) is 0.0714. The van der Waals surface area contributed by atoms with Crippen molar-refractivity contribution in [2.75, 3.05) is 0 Å². The summed E-state index contributed by atoms with van der Waals surface area (Å²) in [4.78, 5) is 11.5. The van der Waals surface area contributed by atoms with E-state index in [2.05, 4.69) is 0 Å². The van der Waals surface area contributed by atoms with Crippen LogP contribution < -0.4 is 0 Å². The Hall–Kier alpha value is -1.67. The van der Waals surface area contributed by atoms with Crippen LogP contribution in [0.1, 0.15) is 17.3 Å². The minimum atomic E-state index is -0.409. The largest absolute Gasteiger partial charge is 0.294 e. The molecule has 0 N–H and O–H groups in total. The predicted octanol–water partition coefficient (Wildman–Crippen LogP) is 4.35. The van der Waals surface area contributed by atoms with Crippen molar-refractivity contribution in [3.63, 3.8) is 0 Å². The van der Waals surface area contributed by atoms with Gasteiger partial charge in [-0.25, -0.2) is 4.39 Å². The molecule has 0 bridgehead atoms. The van der Waals surface area contributed by atoms with Crippen LogP contribution in [0.5, 0.6) is 0 Å². The van der Waals surface area contributed by atoms with E-state index < -0.39 is 5.82 Å². The minimum Gasteiger partial charge on any atom is -0.294 e. The Bertz CT molecular complexity index is 561. The van der Waals surface area contributed by atoms with Gasteiger partial charge in [0.15, 0.2) is 5.78 Å². The number of Topliss-reactive ketones (excluding diaryl/α,β-unsaturated/α-hetero) is 1. The molecule has 0 amide bonds. The van der Waals surface area contributed by atoms with E-state index >= 15 is 0 Å². The number of halogens is 2. The maximum absolute atomic E-state index is 13.1. The number of rotatable bonds is 2. The van der Waals surface area contributed by atoms with Gasteiger partial charge in [-0.05, 0) is 42.3 Å². The third-order valence-corrected chi connectivity index (χ3v) is 2.77. The molecule has 3 heteroatoms. The van der Waals surface area contributed by atoms with Gasteiger partial charge in [0.1, 0.15) is 5.82 Å². The number of benzene rings is 2. The highest BCUT2D eigenvalue weighted by Crippen LogP contribution is 2.26. The second kappa shape index (κ2) is 4.68. The first kappa shape index (κ1) is 11.8. The molecule has 17 heavy (non-hydrogen) atoms. The molecule has 0 aliphatic rings. The first-order valence-electron chi connectivity index (χ1n) is 5.14. The quantitative estimate of drug-likeness (QED) is 0.722. The summed E-state index contributed by atoms with van der Waals surface area (Å²) in [5, 5.41) is 0.625. The molecule has 2 rings (SSSR count). The summed E-state index contributed by atoms with van der Waals surface area (Å²) in [6, 6.07) is 11.3. The minimum absolute atomic E-state index is 0.158. The van der Waals surface area contributed by atoms with E-state index in [0.717, 1.165) is 11.1 Å². The van der Waals surface area contributed by atoms with Gasteiger partial charge in [0.2, 0.25) is 0 Å². The lowest BCUT2D eigenvalue weighted by atomic mass is 9.97. The van der Waals surface area contributed by atoms with Gasteiger partial charge in [-0.1, -0.05) is 29.8 Å². The topological polar surface area (TPSA) is 17.1 Å². The molecule has 0 aliphatic heterocycles. The standard InChI is InChI=1S/C14H10ClFO/c1-9(17)14-8-12(16)6-7-13(14)10-2-4-11(15)5-3-10/h2-8H,1H3. The average Bonchev–Trinajstić information content (AvgIpc) is 2.30. The van der Waals surface area contributed by atoms with Crippen LogP contribution in [-0.2, 0) is 0 Å². The van der Waals surface area contributed by atoms with E-state index in [1.807, 2.05) is 12.1 Å². The second-order valence-corrected chi connectivity index (χ2v) is 4.19. The van der Waals surface area contributed by atoms with Gasteiger partial charge in [-0.3, -0.25) is 4.79 Å². The molecule has 0 unspecified atom stereocenters. The van der Waals surface area contributed by atoms with Crippen LogP contribution in [0.2, 0.25) is 5.02 Å². The Morgan fingerprint density at radius 2 is 1.76 bits per heavy atom. The SMILES string of the molecule is CC(=O)c1cc(F)ccc1-c1ccc(Cl)cc1. The second-order valence-electron chi connectivity index (χ2n) is 3.75. The Labute approximate surface area is 104 Å². The first-order chi connectivity index (χ1) is 8.08. The average molecular weight is 249 g/mol. The van der Waals surface area contributed by atoms with Crippen molar-refractivity contribution in [2.45, 2.75) is 6.92 Å². The van der Waals surface area contributed by atoms with E-state index in [0.29, 0.717) is 10.6 Å². The van der Waals surface area contributed by atoms with Crippen molar-refractivity contribution in [3.05, 3.63) is 58.9 Å². The lowest BCUT2D eigenvalue weighted by Crippen LogP contribution is -1.97. The molecule has 0 saturated heterocycles. The highest BCUT2D eigenvalue weighted by atomic mass is 35.5. The van der Waals surface area contributed by atoms with Crippen molar-refractivity contribution >= 4 is 17.4 Å². The summed E-state index contributed by atoms with van der Waals surface area (Å²) in [6.07, 6.45) is 0. The Kier molecular flexibility index (Phi) is 3.25. The predicted molar refractivity (Wildman–Crippen MR) is 66.9 cm³/mol. The monoisotopic (exact) mass is 248 g/mol. The van der Waals surface area contributed by atoms with Crippen molar-refractivity contribution < 1.29 is 9.18 Å². The van der Waals surface area contributed by atoms with E-state index in [1.165, 1.54) is 19.1 Å². The van der Waals surface area contributed by atoms with Crippen molar-refractivity contribution in [2.24, 2.45) is 0 Å². The highest BCUT2D eigenvalue weighted by Gasteiger charge is 2.10. The molecule has 86 valence electrons. The van der Waals surface area contributed by atoms with E-state index in [4.69, 9.17) is 11.6 Å². The van der Waals surface area contributed by atoms with Crippen LogP contribution in [0, 0.1) is 5.82 Å². The molecular weight excluding hydrogens is 239 g/mol. The maximum Gasteiger partial charge on any atom is 0.160 e. The van der Waals surface area contributed by atoms with Crippen LogP contribution >= 0.6 is 11.6 Å². The van der Waals surface area contributed by atoms with Crippen molar-refractivity contribution in [1.82, 2.24) is 0 Å². The summed E-state index contributed by atoms with van der Waals surface area (Å²) < 4.78 is 13.1. The van der Waals surface area contributed by atoms with E-state index in [1.54, 1.807) is 18.2 Å². The van der Waals surface area contributed by atoms with Gasteiger partial charge in [0.25, 0.3) is 0 Å². The normalized spacial score (nSPS) is 10.3. The summed E-state index contributed by atoms with van der Waals surface area (Å²) in [7, 11) is 0. The lowest BCUT2D eigenvalue weighted by Gasteiger charge is -2.07. The van der Waals surface area contributed by atoms with Crippen molar-refractivity contribution in [1.29, 1.82) is 0 Å². The Morgan fingerprint density at radius 1 is 1.12 bits per heavy atom. The highest BCUT2D eigenvalue weighted by molar-refractivity contribution is 6.30. The zero-order valence-electron chi connectivity index (χ0n) is 9.21. The Morgan fingerprint density at radius 3 is 2.35 bits per heavy atom. The van der Waals surface area contributed by atoms with Gasteiger partial charge in [0, 0.05) is 10.6 Å². The van der Waals surface area contributed by atoms with Crippen LogP contribution in [0.4, 0.5) is 4.39 Å².